The van der Waals surface area contributed by atoms with Crippen LogP contribution in [-0.4, -0.2) is 26.7 Å². The van der Waals surface area contributed by atoms with Crippen molar-refractivity contribution in [2.24, 2.45) is 0 Å². The minimum Gasteiger partial charge on any atom is -0.482 e. The minimum atomic E-state index is 0.216. The third-order valence-electron chi connectivity index (χ3n) is 4.78. The molecular weight excluding hydrogens is 342 g/mol. The van der Waals surface area contributed by atoms with Gasteiger partial charge >= 0.3 is 0 Å². The highest BCUT2D eigenvalue weighted by Crippen LogP contribution is 2.28. The second kappa shape index (κ2) is 7.44. The molecule has 0 aromatic carbocycles. The summed E-state index contributed by atoms with van der Waals surface area (Å²) in [7, 11) is 0. The van der Waals surface area contributed by atoms with Gasteiger partial charge in [0.2, 0.25) is 5.82 Å². The Morgan fingerprint density at radius 3 is 2.96 bits per heavy atom. The first-order valence-electron chi connectivity index (χ1n) is 9.26. The molecule has 0 saturated heterocycles. The summed E-state index contributed by atoms with van der Waals surface area (Å²) in [6.45, 7) is 7.99. The summed E-state index contributed by atoms with van der Waals surface area (Å²) in [6, 6.07) is 3.88. The summed E-state index contributed by atoms with van der Waals surface area (Å²) >= 11 is 0. The molecule has 3 aromatic rings. The van der Waals surface area contributed by atoms with Crippen molar-refractivity contribution in [3.8, 4) is 17.1 Å². The first-order chi connectivity index (χ1) is 13.2. The van der Waals surface area contributed by atoms with Crippen LogP contribution in [0.25, 0.3) is 11.4 Å². The summed E-state index contributed by atoms with van der Waals surface area (Å²) in [5.74, 6) is 1.78. The highest BCUT2D eigenvalue weighted by Gasteiger charge is 2.21. The van der Waals surface area contributed by atoms with Crippen molar-refractivity contribution in [3.05, 3.63) is 52.4 Å². The molecule has 0 spiro atoms. The van der Waals surface area contributed by atoms with Gasteiger partial charge in [0.25, 0.3) is 5.89 Å². The summed E-state index contributed by atoms with van der Waals surface area (Å²) in [5, 5.41) is 7.55. The minimum absolute atomic E-state index is 0.216. The Kier molecular flexibility index (Phi) is 4.85. The van der Waals surface area contributed by atoms with Crippen LogP contribution in [0.15, 0.2) is 22.9 Å². The van der Waals surface area contributed by atoms with Crippen LogP contribution < -0.4 is 10.1 Å². The number of hydrogen-bond donors (Lipinski definition) is 1. The van der Waals surface area contributed by atoms with Crippen LogP contribution in [0.4, 0.5) is 0 Å². The smallest absolute Gasteiger partial charge is 0.264 e. The fourth-order valence-electron chi connectivity index (χ4n) is 3.40. The molecule has 0 unspecified atom stereocenters. The van der Waals surface area contributed by atoms with Gasteiger partial charge in [-0.1, -0.05) is 12.1 Å². The molecule has 0 amide bonds. The number of nitrogens with zero attached hydrogens (tertiary/aromatic N) is 4. The Hall–Kier alpha value is -2.80. The lowest BCUT2D eigenvalue weighted by atomic mass is 9.95. The quantitative estimate of drug-likeness (QED) is 0.744. The number of fused-ring (bicyclic) bond motifs is 1. The highest BCUT2D eigenvalue weighted by molar-refractivity contribution is 5.64. The Labute approximate surface area is 158 Å². The lowest BCUT2D eigenvalue weighted by Gasteiger charge is -2.19. The Bertz CT molecular complexity index is 967. The molecule has 1 aliphatic rings. The van der Waals surface area contributed by atoms with E-state index in [1.165, 1.54) is 11.1 Å². The van der Waals surface area contributed by atoms with E-state index in [9.17, 15) is 0 Å². The van der Waals surface area contributed by atoms with Crippen LogP contribution in [-0.2, 0) is 26.0 Å². The molecular formula is C20H23N5O2. The normalized spacial score (nSPS) is 13.4. The van der Waals surface area contributed by atoms with E-state index in [4.69, 9.17) is 9.26 Å². The van der Waals surface area contributed by atoms with Crippen molar-refractivity contribution in [3.63, 3.8) is 0 Å². The molecule has 7 heteroatoms. The first kappa shape index (κ1) is 17.6. The van der Waals surface area contributed by atoms with Gasteiger partial charge in [-0.25, -0.2) is 0 Å². The number of pyridine rings is 2. The van der Waals surface area contributed by atoms with E-state index < -0.39 is 0 Å². The largest absolute Gasteiger partial charge is 0.482 e. The first-order valence-corrected chi connectivity index (χ1v) is 9.26. The van der Waals surface area contributed by atoms with E-state index >= 15 is 0 Å². The summed E-state index contributed by atoms with van der Waals surface area (Å²) in [4.78, 5) is 13.6. The molecule has 4 heterocycles. The van der Waals surface area contributed by atoms with E-state index in [1.54, 1.807) is 0 Å². The van der Waals surface area contributed by atoms with E-state index in [0.29, 0.717) is 11.7 Å². The molecule has 0 radical (unpaired) electrons. The third kappa shape index (κ3) is 3.55. The molecule has 0 saturated carbocycles. The lowest BCUT2D eigenvalue weighted by Crippen LogP contribution is -2.24. The molecule has 0 atom stereocenters. The second-order valence-corrected chi connectivity index (χ2v) is 6.70. The maximum atomic E-state index is 5.88. The zero-order valence-electron chi connectivity index (χ0n) is 15.9. The summed E-state index contributed by atoms with van der Waals surface area (Å²) in [5.41, 5.74) is 6.26. The van der Waals surface area contributed by atoms with Gasteiger partial charge < -0.3 is 14.6 Å². The van der Waals surface area contributed by atoms with Crippen molar-refractivity contribution in [1.29, 1.82) is 0 Å². The van der Waals surface area contributed by atoms with E-state index in [1.807, 2.05) is 32.2 Å². The number of aromatic nitrogens is 4. The topological polar surface area (TPSA) is 86.0 Å². The van der Waals surface area contributed by atoms with Crippen molar-refractivity contribution < 1.29 is 9.26 Å². The van der Waals surface area contributed by atoms with E-state index in [2.05, 4.69) is 32.3 Å². The lowest BCUT2D eigenvalue weighted by molar-refractivity contribution is 0.240. The van der Waals surface area contributed by atoms with Crippen molar-refractivity contribution in [1.82, 2.24) is 25.4 Å². The predicted octanol–water partition coefficient (Wildman–Crippen LogP) is 2.93. The Morgan fingerprint density at radius 2 is 2.11 bits per heavy atom. The van der Waals surface area contributed by atoms with E-state index in [-0.39, 0.29) is 6.61 Å². The van der Waals surface area contributed by atoms with Gasteiger partial charge in [-0.2, -0.15) is 4.98 Å². The fourth-order valence-corrected chi connectivity index (χ4v) is 3.40. The molecule has 0 fully saturated rings. The zero-order valence-corrected chi connectivity index (χ0v) is 15.9. The van der Waals surface area contributed by atoms with Crippen LogP contribution in [0.1, 0.15) is 41.0 Å². The number of hydrogen-bond acceptors (Lipinski definition) is 7. The maximum Gasteiger partial charge on any atom is 0.264 e. The zero-order chi connectivity index (χ0) is 18.8. The molecule has 140 valence electrons. The summed E-state index contributed by atoms with van der Waals surface area (Å²) < 4.78 is 11.3. The average molecular weight is 365 g/mol. The van der Waals surface area contributed by atoms with Crippen LogP contribution >= 0.6 is 0 Å². The second-order valence-electron chi connectivity index (χ2n) is 6.70. The highest BCUT2D eigenvalue weighted by atomic mass is 16.5. The van der Waals surface area contributed by atoms with Gasteiger partial charge in [-0.05, 0) is 56.5 Å². The van der Waals surface area contributed by atoms with Crippen molar-refractivity contribution in [2.75, 3.05) is 6.54 Å². The van der Waals surface area contributed by atoms with Crippen LogP contribution in [0.3, 0.4) is 0 Å². The average Bonchev–Trinajstić information content (AvgIpc) is 3.15. The van der Waals surface area contributed by atoms with Gasteiger partial charge in [0.1, 0.15) is 5.75 Å². The molecule has 27 heavy (non-hydrogen) atoms. The van der Waals surface area contributed by atoms with Gasteiger partial charge in [0.05, 0.1) is 5.69 Å². The van der Waals surface area contributed by atoms with Gasteiger partial charge in [-0.3, -0.25) is 9.97 Å². The van der Waals surface area contributed by atoms with Crippen LogP contribution in [0, 0.1) is 13.8 Å². The van der Waals surface area contributed by atoms with Gasteiger partial charge in [0.15, 0.2) is 6.61 Å². The Morgan fingerprint density at radius 1 is 1.22 bits per heavy atom. The van der Waals surface area contributed by atoms with Crippen LogP contribution in [0.2, 0.25) is 0 Å². The molecule has 1 aliphatic heterocycles. The number of nitrogens with one attached hydrogen (secondary N) is 1. The number of rotatable bonds is 5. The molecule has 4 rings (SSSR count). The van der Waals surface area contributed by atoms with E-state index in [0.717, 1.165) is 54.3 Å². The molecule has 0 bridgehead atoms. The van der Waals surface area contributed by atoms with Gasteiger partial charge in [-0.15, -0.1) is 0 Å². The number of aryl methyl sites for hydroxylation is 3. The van der Waals surface area contributed by atoms with Crippen molar-refractivity contribution in [2.45, 2.75) is 46.8 Å². The monoisotopic (exact) mass is 365 g/mol. The Balaban J connectivity index is 1.57. The molecule has 7 nitrogen and oxygen atoms in total. The molecule has 3 aromatic heterocycles. The predicted molar refractivity (Wildman–Crippen MR) is 100 cm³/mol. The third-order valence-corrected chi connectivity index (χ3v) is 4.78. The molecule has 0 aliphatic carbocycles. The fraction of sp³-hybridized carbons (Fsp3) is 0.400. The van der Waals surface area contributed by atoms with Crippen LogP contribution in [0.5, 0.6) is 5.75 Å². The standard InChI is InChI=1S/C20H23N5O2/c1-4-16-17(6-5-12(2)23-16)26-11-18-24-20(25-27-18)19-13(3)22-10-14-9-21-8-7-15(14)19/h5-6,10,21H,4,7-9,11H2,1-3H3. The summed E-state index contributed by atoms with van der Waals surface area (Å²) in [6.07, 6.45) is 3.67. The molecule has 1 N–H and O–H groups in total. The SMILES string of the molecule is CCc1nc(C)ccc1OCc1nc(-c2c(C)ncc3c2CCNC3)no1. The van der Waals surface area contributed by atoms with Crippen molar-refractivity contribution >= 4 is 0 Å². The number of ether oxygens (including phenoxy) is 1. The maximum absolute atomic E-state index is 5.88. The van der Waals surface area contributed by atoms with Gasteiger partial charge in [0, 0.05) is 29.7 Å².